The summed E-state index contributed by atoms with van der Waals surface area (Å²) in [4.78, 5) is 11.8. The van der Waals surface area contributed by atoms with E-state index in [1.165, 1.54) is 0 Å². The minimum absolute atomic E-state index is 0.197. The van der Waals surface area contributed by atoms with Crippen molar-refractivity contribution in [3.8, 4) is 0 Å². The molecule has 0 amide bonds. The lowest BCUT2D eigenvalue weighted by molar-refractivity contribution is -0.115. The first-order chi connectivity index (χ1) is 9.04. The Morgan fingerprint density at radius 1 is 1.37 bits per heavy atom. The fourth-order valence-corrected chi connectivity index (χ4v) is 2.55. The van der Waals surface area contributed by atoms with Gasteiger partial charge >= 0.3 is 0 Å². The van der Waals surface area contributed by atoms with Gasteiger partial charge in [0.05, 0.1) is 0 Å². The van der Waals surface area contributed by atoms with Gasteiger partial charge in [-0.3, -0.25) is 4.79 Å². The van der Waals surface area contributed by atoms with E-state index in [9.17, 15) is 4.79 Å². The zero-order chi connectivity index (χ0) is 13.8. The first-order valence-corrected chi connectivity index (χ1v) is 7.15. The van der Waals surface area contributed by atoms with E-state index in [1.54, 1.807) is 6.08 Å². The molecule has 1 aromatic rings. The molecule has 1 aliphatic carbocycles. The standard InChI is InChI=1S/C16H20ClNO/c1-11(2)10-18-15-7-13(8-16(19)9-15)12-4-3-5-14(17)6-12/h3-6,9,11,13,18H,7-8,10H2,1-2H3. The highest BCUT2D eigenvalue weighted by molar-refractivity contribution is 6.30. The molecule has 0 bridgehead atoms. The van der Waals surface area contributed by atoms with Crippen molar-refractivity contribution >= 4 is 17.4 Å². The van der Waals surface area contributed by atoms with Crippen LogP contribution in [0.15, 0.2) is 36.0 Å². The molecule has 3 heteroatoms. The number of hydrogen-bond acceptors (Lipinski definition) is 2. The molecule has 0 saturated heterocycles. The first kappa shape index (κ1) is 14.1. The lowest BCUT2D eigenvalue weighted by Crippen LogP contribution is -2.25. The summed E-state index contributed by atoms with van der Waals surface area (Å²) in [6.07, 6.45) is 3.22. The summed E-state index contributed by atoms with van der Waals surface area (Å²) in [5.41, 5.74) is 2.20. The number of rotatable bonds is 4. The SMILES string of the molecule is CC(C)CNC1=CC(=O)CC(c2cccc(Cl)c2)C1. The number of carbonyl (C=O) groups excluding carboxylic acids is 1. The van der Waals surface area contributed by atoms with Crippen molar-refractivity contribution in [3.63, 3.8) is 0 Å². The number of hydrogen-bond donors (Lipinski definition) is 1. The molecule has 2 nitrogen and oxygen atoms in total. The molecular formula is C16H20ClNO. The van der Waals surface area contributed by atoms with E-state index in [1.807, 2.05) is 18.2 Å². The van der Waals surface area contributed by atoms with Crippen LogP contribution in [0.2, 0.25) is 5.02 Å². The number of halogens is 1. The summed E-state index contributed by atoms with van der Waals surface area (Å²) in [5.74, 6) is 1.01. The van der Waals surface area contributed by atoms with Crippen molar-refractivity contribution < 1.29 is 4.79 Å². The summed E-state index contributed by atoms with van der Waals surface area (Å²) in [6, 6.07) is 7.82. The molecule has 0 aliphatic heterocycles. The third-order valence-corrected chi connectivity index (χ3v) is 3.54. The fraction of sp³-hybridized carbons (Fsp3) is 0.438. The van der Waals surface area contributed by atoms with Crippen LogP contribution in [0.3, 0.4) is 0 Å². The third kappa shape index (κ3) is 4.10. The van der Waals surface area contributed by atoms with Gasteiger partial charge in [0.1, 0.15) is 0 Å². The molecule has 0 aromatic heterocycles. The van der Waals surface area contributed by atoms with E-state index < -0.39 is 0 Å². The Morgan fingerprint density at radius 3 is 2.84 bits per heavy atom. The van der Waals surface area contributed by atoms with Crippen LogP contribution < -0.4 is 5.32 Å². The van der Waals surface area contributed by atoms with Crippen LogP contribution in [0.25, 0.3) is 0 Å². The molecule has 1 atom stereocenters. The molecule has 0 spiro atoms. The van der Waals surface area contributed by atoms with Crippen molar-refractivity contribution in [2.45, 2.75) is 32.6 Å². The van der Waals surface area contributed by atoms with Gasteiger partial charge in [-0.25, -0.2) is 0 Å². The fourth-order valence-electron chi connectivity index (χ4n) is 2.35. The van der Waals surface area contributed by atoms with Crippen LogP contribution in [0.4, 0.5) is 0 Å². The molecule has 1 aromatic carbocycles. The Kier molecular flexibility index (Phi) is 4.65. The molecule has 0 radical (unpaired) electrons. The topological polar surface area (TPSA) is 29.1 Å². The monoisotopic (exact) mass is 277 g/mol. The van der Waals surface area contributed by atoms with Crippen LogP contribution in [0.5, 0.6) is 0 Å². The van der Waals surface area contributed by atoms with Gasteiger partial charge in [-0.15, -0.1) is 0 Å². The normalized spacial score (nSPS) is 19.5. The van der Waals surface area contributed by atoms with Crippen molar-refractivity contribution in [1.29, 1.82) is 0 Å². The number of allylic oxidation sites excluding steroid dienone is 2. The van der Waals surface area contributed by atoms with Crippen molar-refractivity contribution in [1.82, 2.24) is 5.32 Å². The predicted octanol–water partition coefficient (Wildman–Crippen LogP) is 3.92. The molecule has 1 unspecified atom stereocenters. The maximum absolute atomic E-state index is 11.8. The molecule has 102 valence electrons. The average Bonchev–Trinajstić information content (AvgIpc) is 2.36. The Bertz CT molecular complexity index is 493. The van der Waals surface area contributed by atoms with Crippen molar-refractivity contribution in [3.05, 3.63) is 46.6 Å². The maximum atomic E-state index is 11.8. The molecule has 0 heterocycles. The average molecular weight is 278 g/mol. The minimum atomic E-state index is 0.197. The van der Waals surface area contributed by atoms with Crippen molar-refractivity contribution in [2.24, 2.45) is 5.92 Å². The van der Waals surface area contributed by atoms with Crippen LogP contribution in [-0.4, -0.2) is 12.3 Å². The van der Waals surface area contributed by atoms with E-state index in [-0.39, 0.29) is 11.7 Å². The quantitative estimate of drug-likeness (QED) is 0.904. The molecule has 2 rings (SSSR count). The number of ketones is 1. The van der Waals surface area contributed by atoms with Gasteiger partial charge < -0.3 is 5.32 Å². The highest BCUT2D eigenvalue weighted by Crippen LogP contribution is 2.31. The summed E-state index contributed by atoms with van der Waals surface area (Å²) < 4.78 is 0. The number of carbonyl (C=O) groups is 1. The molecule has 0 fully saturated rings. The second-order valence-corrected chi connectivity index (χ2v) is 6.01. The van der Waals surface area contributed by atoms with Crippen LogP contribution in [0.1, 0.15) is 38.2 Å². The smallest absolute Gasteiger partial charge is 0.158 e. The highest BCUT2D eigenvalue weighted by Gasteiger charge is 2.22. The largest absolute Gasteiger partial charge is 0.388 e. The van der Waals surface area contributed by atoms with Crippen LogP contribution >= 0.6 is 11.6 Å². The second-order valence-electron chi connectivity index (χ2n) is 5.57. The summed E-state index contributed by atoms with van der Waals surface area (Å²) in [6.45, 7) is 5.22. The molecule has 19 heavy (non-hydrogen) atoms. The Hall–Kier alpha value is -1.28. The van der Waals surface area contributed by atoms with Gasteiger partial charge in [0, 0.05) is 29.8 Å². The lowest BCUT2D eigenvalue weighted by Gasteiger charge is -2.24. The van der Waals surface area contributed by atoms with E-state index in [4.69, 9.17) is 11.6 Å². The van der Waals surface area contributed by atoms with Crippen LogP contribution in [-0.2, 0) is 4.79 Å². The van der Waals surface area contributed by atoms with Gasteiger partial charge in [-0.2, -0.15) is 0 Å². The predicted molar refractivity (Wildman–Crippen MR) is 79.4 cm³/mol. The molecular weight excluding hydrogens is 258 g/mol. The summed E-state index contributed by atoms with van der Waals surface area (Å²) in [5, 5.41) is 4.11. The molecule has 1 N–H and O–H groups in total. The Morgan fingerprint density at radius 2 is 2.16 bits per heavy atom. The number of benzene rings is 1. The Balaban J connectivity index is 2.09. The second kappa shape index (κ2) is 6.25. The molecule has 0 saturated carbocycles. The maximum Gasteiger partial charge on any atom is 0.158 e. The zero-order valence-electron chi connectivity index (χ0n) is 11.4. The summed E-state index contributed by atoms with van der Waals surface area (Å²) in [7, 11) is 0. The van der Waals surface area contributed by atoms with Gasteiger partial charge in [0.15, 0.2) is 5.78 Å². The van der Waals surface area contributed by atoms with Crippen molar-refractivity contribution in [2.75, 3.05) is 6.54 Å². The number of nitrogens with one attached hydrogen (secondary N) is 1. The van der Waals surface area contributed by atoms with Gasteiger partial charge in [-0.1, -0.05) is 37.6 Å². The van der Waals surface area contributed by atoms with E-state index >= 15 is 0 Å². The highest BCUT2D eigenvalue weighted by atomic mass is 35.5. The lowest BCUT2D eigenvalue weighted by atomic mass is 9.85. The summed E-state index contributed by atoms with van der Waals surface area (Å²) >= 11 is 6.02. The van der Waals surface area contributed by atoms with Gasteiger partial charge in [0.2, 0.25) is 0 Å². The Labute approximate surface area is 119 Å². The zero-order valence-corrected chi connectivity index (χ0v) is 12.2. The van der Waals surface area contributed by atoms with Gasteiger partial charge in [-0.05, 0) is 36.0 Å². The van der Waals surface area contributed by atoms with E-state index in [0.717, 1.165) is 29.2 Å². The molecule has 1 aliphatic rings. The van der Waals surface area contributed by atoms with Crippen LogP contribution in [0, 0.1) is 5.92 Å². The third-order valence-electron chi connectivity index (χ3n) is 3.31. The first-order valence-electron chi connectivity index (χ1n) is 6.77. The minimum Gasteiger partial charge on any atom is -0.388 e. The van der Waals surface area contributed by atoms with E-state index in [2.05, 4.69) is 25.2 Å². The van der Waals surface area contributed by atoms with E-state index in [0.29, 0.717) is 12.3 Å². The van der Waals surface area contributed by atoms with Gasteiger partial charge in [0.25, 0.3) is 0 Å².